The third-order valence-corrected chi connectivity index (χ3v) is 3.95. The molecule has 0 spiro atoms. The minimum Gasteiger partial charge on any atom is -0.440 e. The first kappa shape index (κ1) is 18.0. The standard InChI is InChI=1S/C15H18F3N3O3/c1-9(22)24-12-14(2,3)11(15(16,17)18)20(4)13(23)21(12)10-7-5-6-8-19-10/h5-8,11-12H,1-4H3. The van der Waals surface area contributed by atoms with Gasteiger partial charge < -0.3 is 9.64 Å². The summed E-state index contributed by atoms with van der Waals surface area (Å²) in [6.07, 6.45) is -4.72. The smallest absolute Gasteiger partial charge is 0.409 e. The fraction of sp³-hybridized carbons (Fsp3) is 0.533. The number of rotatable bonds is 2. The summed E-state index contributed by atoms with van der Waals surface area (Å²) in [5.41, 5.74) is -1.62. The number of hydrogen-bond donors (Lipinski definition) is 0. The molecule has 1 aromatic heterocycles. The number of pyridine rings is 1. The lowest BCUT2D eigenvalue weighted by Crippen LogP contribution is -2.71. The molecule has 2 amide bonds. The van der Waals surface area contributed by atoms with Gasteiger partial charge in [0, 0.05) is 20.2 Å². The van der Waals surface area contributed by atoms with Crippen LogP contribution in [0, 0.1) is 5.41 Å². The maximum absolute atomic E-state index is 13.5. The second-order valence-electron chi connectivity index (χ2n) is 6.18. The van der Waals surface area contributed by atoms with Crippen LogP contribution in [0.5, 0.6) is 0 Å². The molecule has 1 aromatic rings. The van der Waals surface area contributed by atoms with Crippen LogP contribution in [0.25, 0.3) is 0 Å². The van der Waals surface area contributed by atoms with E-state index >= 15 is 0 Å². The van der Waals surface area contributed by atoms with E-state index in [1.54, 1.807) is 12.1 Å². The zero-order valence-corrected chi connectivity index (χ0v) is 13.7. The number of nitrogens with zero attached hydrogens (tertiary/aromatic N) is 3. The number of esters is 1. The number of carbonyl (C=O) groups is 2. The van der Waals surface area contributed by atoms with Gasteiger partial charge in [-0.2, -0.15) is 13.2 Å². The van der Waals surface area contributed by atoms with Crippen molar-refractivity contribution in [1.82, 2.24) is 9.88 Å². The number of halogens is 3. The molecule has 9 heteroatoms. The zero-order chi connectivity index (χ0) is 18.3. The molecular formula is C15H18F3N3O3. The number of urea groups is 1. The quantitative estimate of drug-likeness (QED) is 0.773. The van der Waals surface area contributed by atoms with Gasteiger partial charge in [0.1, 0.15) is 11.9 Å². The first-order valence-electron chi connectivity index (χ1n) is 7.19. The molecule has 1 aliphatic rings. The van der Waals surface area contributed by atoms with Crippen LogP contribution >= 0.6 is 0 Å². The van der Waals surface area contributed by atoms with E-state index in [-0.39, 0.29) is 5.82 Å². The van der Waals surface area contributed by atoms with E-state index in [9.17, 15) is 22.8 Å². The lowest BCUT2D eigenvalue weighted by molar-refractivity contribution is -0.224. The molecule has 0 N–H and O–H groups in total. The molecule has 6 nitrogen and oxygen atoms in total. The van der Waals surface area contributed by atoms with E-state index in [1.165, 1.54) is 26.1 Å². The van der Waals surface area contributed by atoms with E-state index in [1.807, 2.05) is 0 Å². The monoisotopic (exact) mass is 345 g/mol. The molecular weight excluding hydrogens is 327 g/mol. The highest BCUT2D eigenvalue weighted by Gasteiger charge is 2.62. The Morgan fingerprint density at radius 3 is 2.42 bits per heavy atom. The SMILES string of the molecule is CC(=O)OC1N(c2ccccn2)C(=O)N(C)C(C(F)(F)F)C1(C)C. The van der Waals surface area contributed by atoms with Crippen molar-refractivity contribution in [2.75, 3.05) is 11.9 Å². The van der Waals surface area contributed by atoms with Gasteiger partial charge in [0.05, 0.1) is 5.41 Å². The Balaban J connectivity index is 2.59. The Hall–Kier alpha value is -2.32. The molecule has 0 saturated carbocycles. The molecule has 0 bridgehead atoms. The Morgan fingerprint density at radius 1 is 1.33 bits per heavy atom. The highest BCUT2D eigenvalue weighted by atomic mass is 19.4. The largest absolute Gasteiger partial charge is 0.440 e. The third kappa shape index (κ3) is 3.02. The topological polar surface area (TPSA) is 62.7 Å². The van der Waals surface area contributed by atoms with Crippen LogP contribution in [-0.2, 0) is 9.53 Å². The molecule has 0 radical (unpaired) electrons. The molecule has 2 atom stereocenters. The summed E-state index contributed by atoms with van der Waals surface area (Å²) in [5, 5.41) is 0. The van der Waals surface area contributed by atoms with Gasteiger partial charge >= 0.3 is 18.2 Å². The number of ether oxygens (including phenoxy) is 1. The van der Waals surface area contributed by atoms with Crippen LogP contribution in [-0.4, -0.2) is 47.4 Å². The summed E-state index contributed by atoms with van der Waals surface area (Å²) in [7, 11) is 1.07. The maximum Gasteiger partial charge on any atom is 0.409 e. The summed E-state index contributed by atoms with van der Waals surface area (Å²) in [5.74, 6) is -0.679. The average Bonchev–Trinajstić information content (AvgIpc) is 2.44. The van der Waals surface area contributed by atoms with Crippen molar-refractivity contribution in [3.8, 4) is 0 Å². The summed E-state index contributed by atoms with van der Waals surface area (Å²) < 4.78 is 45.7. The van der Waals surface area contributed by atoms with Crippen LogP contribution in [0.3, 0.4) is 0 Å². The van der Waals surface area contributed by atoms with E-state index in [4.69, 9.17) is 4.74 Å². The lowest BCUT2D eigenvalue weighted by Gasteiger charge is -2.53. The van der Waals surface area contributed by atoms with Crippen LogP contribution in [0.4, 0.5) is 23.8 Å². The minimum atomic E-state index is -4.68. The van der Waals surface area contributed by atoms with Crippen molar-refractivity contribution in [1.29, 1.82) is 0 Å². The van der Waals surface area contributed by atoms with E-state index in [2.05, 4.69) is 4.98 Å². The van der Waals surface area contributed by atoms with Crippen molar-refractivity contribution >= 4 is 17.8 Å². The zero-order valence-electron chi connectivity index (χ0n) is 13.7. The number of amides is 2. The van der Waals surface area contributed by atoms with Crippen molar-refractivity contribution in [2.24, 2.45) is 5.41 Å². The molecule has 2 rings (SSSR count). The van der Waals surface area contributed by atoms with Gasteiger partial charge in [0.15, 0.2) is 6.23 Å². The molecule has 24 heavy (non-hydrogen) atoms. The minimum absolute atomic E-state index is 0.106. The normalized spacial score (nSPS) is 24.0. The van der Waals surface area contributed by atoms with Crippen LogP contribution in [0.15, 0.2) is 24.4 Å². The first-order valence-corrected chi connectivity index (χ1v) is 7.19. The maximum atomic E-state index is 13.5. The number of hydrogen-bond acceptors (Lipinski definition) is 4. The van der Waals surface area contributed by atoms with Crippen molar-refractivity contribution in [3.63, 3.8) is 0 Å². The summed E-state index contributed by atoms with van der Waals surface area (Å²) in [4.78, 5) is 29.6. The summed E-state index contributed by atoms with van der Waals surface area (Å²) in [6, 6.07) is 1.60. The second-order valence-corrected chi connectivity index (χ2v) is 6.18. The number of carbonyl (C=O) groups excluding carboxylic acids is 2. The van der Waals surface area contributed by atoms with Crippen LogP contribution in [0.2, 0.25) is 0 Å². The Labute approximate surface area is 137 Å². The predicted octanol–water partition coefficient (Wildman–Crippen LogP) is 2.80. The Bertz CT molecular complexity index is 634. The summed E-state index contributed by atoms with van der Waals surface area (Å²) in [6.45, 7) is 3.69. The summed E-state index contributed by atoms with van der Waals surface area (Å²) >= 11 is 0. The van der Waals surface area contributed by atoms with Gasteiger partial charge in [0.25, 0.3) is 0 Å². The van der Waals surface area contributed by atoms with Crippen LogP contribution in [0.1, 0.15) is 20.8 Å². The van der Waals surface area contributed by atoms with Gasteiger partial charge in [-0.3, -0.25) is 4.79 Å². The predicted molar refractivity (Wildman–Crippen MR) is 79.1 cm³/mol. The Kier molecular flexibility index (Phi) is 4.47. The van der Waals surface area contributed by atoms with Gasteiger partial charge in [-0.15, -0.1) is 0 Å². The molecule has 132 valence electrons. The van der Waals surface area contributed by atoms with Gasteiger partial charge in [-0.25, -0.2) is 14.7 Å². The van der Waals surface area contributed by atoms with Crippen LogP contribution < -0.4 is 4.90 Å². The average molecular weight is 345 g/mol. The van der Waals surface area contributed by atoms with E-state index in [0.29, 0.717) is 4.90 Å². The number of alkyl halides is 3. The van der Waals surface area contributed by atoms with Crippen molar-refractivity contribution in [3.05, 3.63) is 24.4 Å². The van der Waals surface area contributed by atoms with Gasteiger partial charge in [0.2, 0.25) is 0 Å². The molecule has 0 aliphatic carbocycles. The fourth-order valence-corrected chi connectivity index (χ4v) is 3.07. The van der Waals surface area contributed by atoms with E-state index < -0.39 is 35.9 Å². The molecule has 2 heterocycles. The molecule has 2 unspecified atom stereocenters. The van der Waals surface area contributed by atoms with Crippen molar-refractivity contribution in [2.45, 2.75) is 39.2 Å². The molecule has 0 aromatic carbocycles. The highest BCUT2D eigenvalue weighted by Crippen LogP contribution is 2.46. The lowest BCUT2D eigenvalue weighted by atomic mass is 9.78. The number of aromatic nitrogens is 1. The molecule has 1 saturated heterocycles. The van der Waals surface area contributed by atoms with Gasteiger partial charge in [-0.1, -0.05) is 19.9 Å². The van der Waals surface area contributed by atoms with Crippen molar-refractivity contribution < 1.29 is 27.5 Å². The highest BCUT2D eigenvalue weighted by molar-refractivity contribution is 5.93. The molecule has 1 fully saturated rings. The second kappa shape index (κ2) is 5.95. The Morgan fingerprint density at radius 2 is 1.96 bits per heavy atom. The molecule has 1 aliphatic heterocycles. The number of anilines is 1. The fourth-order valence-electron chi connectivity index (χ4n) is 3.07. The van der Waals surface area contributed by atoms with E-state index in [0.717, 1.165) is 18.9 Å². The third-order valence-electron chi connectivity index (χ3n) is 3.95. The van der Waals surface area contributed by atoms with Gasteiger partial charge in [-0.05, 0) is 12.1 Å². The first-order chi connectivity index (χ1) is 11.0.